The van der Waals surface area contributed by atoms with Gasteiger partial charge < -0.3 is 15.1 Å². The first-order valence-corrected chi connectivity index (χ1v) is 5.71. The summed E-state index contributed by atoms with van der Waals surface area (Å²) in [6.45, 7) is 0.534. The second-order valence-electron chi connectivity index (χ2n) is 3.25. The van der Waals surface area contributed by atoms with E-state index in [1.807, 2.05) is 12.1 Å². The molecule has 0 fully saturated rings. The molecule has 0 atom stereocenters. The molecule has 0 saturated heterocycles. The molecule has 2 rings (SSSR count). The van der Waals surface area contributed by atoms with Crippen LogP contribution in [0.3, 0.4) is 0 Å². The van der Waals surface area contributed by atoms with Crippen molar-refractivity contribution < 1.29 is 4.42 Å². The van der Waals surface area contributed by atoms with Crippen molar-refractivity contribution in [3.8, 4) is 0 Å². The molecule has 6 heteroatoms. The lowest BCUT2D eigenvalue weighted by Crippen LogP contribution is -2.28. The lowest BCUT2D eigenvalue weighted by atomic mass is 10.4. The Labute approximate surface area is 109 Å². The van der Waals surface area contributed by atoms with Crippen molar-refractivity contribution in [2.45, 2.75) is 6.54 Å². The molecule has 0 aliphatic heterocycles. The van der Waals surface area contributed by atoms with Gasteiger partial charge in [-0.1, -0.05) is 11.6 Å². The zero-order chi connectivity index (χ0) is 12.1. The van der Waals surface area contributed by atoms with Crippen LogP contribution in [0.5, 0.6) is 0 Å². The summed E-state index contributed by atoms with van der Waals surface area (Å²) in [5, 5.41) is 7.01. The summed E-state index contributed by atoms with van der Waals surface area (Å²) in [5.41, 5.74) is 0. The molecule has 0 aliphatic carbocycles. The van der Waals surface area contributed by atoms with Crippen LogP contribution in [-0.2, 0) is 6.54 Å². The van der Waals surface area contributed by atoms with Gasteiger partial charge in [-0.2, -0.15) is 0 Å². The molecular formula is C11H10ClN3OS. The van der Waals surface area contributed by atoms with Crippen LogP contribution in [0.25, 0.3) is 0 Å². The zero-order valence-electron chi connectivity index (χ0n) is 8.81. The van der Waals surface area contributed by atoms with Crippen molar-refractivity contribution in [1.29, 1.82) is 0 Å². The van der Waals surface area contributed by atoms with Gasteiger partial charge in [0.2, 0.25) is 0 Å². The molecule has 0 unspecified atom stereocenters. The Kier molecular flexibility index (Phi) is 3.95. The van der Waals surface area contributed by atoms with Crippen LogP contribution < -0.4 is 10.6 Å². The smallest absolute Gasteiger partial charge is 0.172 e. The minimum atomic E-state index is 0.483. The molecule has 2 aromatic heterocycles. The molecule has 0 bridgehead atoms. The largest absolute Gasteiger partial charge is 0.467 e. The third-order valence-electron chi connectivity index (χ3n) is 1.97. The van der Waals surface area contributed by atoms with Crippen LogP contribution in [0.1, 0.15) is 5.76 Å². The van der Waals surface area contributed by atoms with Crippen molar-refractivity contribution in [2.75, 3.05) is 5.32 Å². The molecule has 0 radical (unpaired) electrons. The molecule has 4 nitrogen and oxygen atoms in total. The lowest BCUT2D eigenvalue weighted by molar-refractivity contribution is 0.503. The second kappa shape index (κ2) is 5.65. The predicted octanol–water partition coefficient (Wildman–Crippen LogP) is 2.81. The Morgan fingerprint density at radius 1 is 1.41 bits per heavy atom. The van der Waals surface area contributed by atoms with E-state index in [2.05, 4.69) is 15.6 Å². The fraction of sp³-hybridized carbons (Fsp3) is 0.0909. The maximum absolute atomic E-state index is 5.73. The van der Waals surface area contributed by atoms with Crippen molar-refractivity contribution in [2.24, 2.45) is 0 Å². The molecule has 2 aromatic rings. The van der Waals surface area contributed by atoms with Gasteiger partial charge in [-0.25, -0.2) is 4.98 Å². The van der Waals surface area contributed by atoms with Gasteiger partial charge in [0.25, 0.3) is 0 Å². The highest BCUT2D eigenvalue weighted by Crippen LogP contribution is 2.09. The number of aromatic nitrogens is 1. The molecule has 0 amide bonds. The summed E-state index contributed by atoms with van der Waals surface area (Å²) in [7, 11) is 0. The van der Waals surface area contributed by atoms with Gasteiger partial charge in [0.1, 0.15) is 11.6 Å². The van der Waals surface area contributed by atoms with E-state index in [0.717, 1.165) is 5.76 Å². The van der Waals surface area contributed by atoms with Crippen LogP contribution in [0.15, 0.2) is 41.1 Å². The fourth-order valence-corrected chi connectivity index (χ4v) is 1.48. The molecule has 88 valence electrons. The van der Waals surface area contributed by atoms with Crippen molar-refractivity contribution in [3.63, 3.8) is 0 Å². The molecule has 2 heterocycles. The third kappa shape index (κ3) is 3.72. The van der Waals surface area contributed by atoms with E-state index in [9.17, 15) is 0 Å². The van der Waals surface area contributed by atoms with Gasteiger partial charge in [0.15, 0.2) is 5.11 Å². The minimum Gasteiger partial charge on any atom is -0.467 e. The number of rotatable bonds is 3. The zero-order valence-corrected chi connectivity index (χ0v) is 10.4. The maximum Gasteiger partial charge on any atom is 0.172 e. The van der Waals surface area contributed by atoms with Crippen LogP contribution in [0.4, 0.5) is 5.82 Å². The Balaban J connectivity index is 1.83. The lowest BCUT2D eigenvalue weighted by Gasteiger charge is -2.08. The number of hydrogen-bond donors (Lipinski definition) is 2. The molecule has 0 spiro atoms. The van der Waals surface area contributed by atoms with Crippen LogP contribution >= 0.6 is 23.8 Å². The predicted molar refractivity (Wildman–Crippen MR) is 71.0 cm³/mol. The molecule has 0 aliphatic rings. The highest BCUT2D eigenvalue weighted by atomic mass is 35.5. The number of thiocarbonyl (C=S) groups is 1. The Hall–Kier alpha value is -1.59. The SMILES string of the molecule is S=C(NCc1ccco1)Nc1ccc(Cl)cn1. The summed E-state index contributed by atoms with van der Waals surface area (Å²) in [6.07, 6.45) is 3.17. The Morgan fingerprint density at radius 3 is 2.94 bits per heavy atom. The molecular weight excluding hydrogens is 258 g/mol. The van der Waals surface area contributed by atoms with E-state index in [-0.39, 0.29) is 0 Å². The van der Waals surface area contributed by atoms with Crippen LogP contribution in [0.2, 0.25) is 5.02 Å². The summed E-state index contributed by atoms with van der Waals surface area (Å²) >= 11 is 10.8. The summed E-state index contributed by atoms with van der Waals surface area (Å²) in [5.74, 6) is 1.46. The monoisotopic (exact) mass is 267 g/mol. The van der Waals surface area contributed by atoms with Gasteiger partial charge in [0.05, 0.1) is 17.8 Å². The first-order chi connectivity index (χ1) is 8.24. The maximum atomic E-state index is 5.73. The van der Waals surface area contributed by atoms with Gasteiger partial charge in [-0.05, 0) is 36.5 Å². The quantitative estimate of drug-likeness (QED) is 0.838. The number of anilines is 1. The number of pyridine rings is 1. The van der Waals surface area contributed by atoms with E-state index in [1.54, 1.807) is 24.6 Å². The number of nitrogens with zero attached hydrogens (tertiary/aromatic N) is 1. The first kappa shape index (κ1) is 11.9. The van der Waals surface area contributed by atoms with Gasteiger partial charge >= 0.3 is 0 Å². The minimum absolute atomic E-state index is 0.483. The third-order valence-corrected chi connectivity index (χ3v) is 2.44. The molecule has 0 saturated carbocycles. The van der Waals surface area contributed by atoms with Crippen LogP contribution in [-0.4, -0.2) is 10.1 Å². The van der Waals surface area contributed by atoms with Gasteiger partial charge in [-0.3, -0.25) is 0 Å². The Bertz CT molecular complexity index is 484. The van der Waals surface area contributed by atoms with Gasteiger partial charge in [0, 0.05) is 6.20 Å². The molecule has 0 aromatic carbocycles. The summed E-state index contributed by atoms with van der Waals surface area (Å²) < 4.78 is 5.17. The fourth-order valence-electron chi connectivity index (χ4n) is 1.19. The summed E-state index contributed by atoms with van der Waals surface area (Å²) in [6, 6.07) is 7.19. The number of halogens is 1. The normalized spacial score (nSPS) is 9.94. The number of nitrogens with one attached hydrogen (secondary N) is 2. The topological polar surface area (TPSA) is 50.1 Å². The van der Waals surface area contributed by atoms with Crippen molar-refractivity contribution in [1.82, 2.24) is 10.3 Å². The van der Waals surface area contributed by atoms with E-state index in [4.69, 9.17) is 28.2 Å². The van der Waals surface area contributed by atoms with E-state index < -0.39 is 0 Å². The second-order valence-corrected chi connectivity index (χ2v) is 4.09. The summed E-state index contributed by atoms with van der Waals surface area (Å²) in [4.78, 5) is 4.07. The highest BCUT2D eigenvalue weighted by molar-refractivity contribution is 7.80. The van der Waals surface area contributed by atoms with E-state index in [1.165, 1.54) is 0 Å². The first-order valence-electron chi connectivity index (χ1n) is 4.93. The molecule has 2 N–H and O–H groups in total. The molecule has 17 heavy (non-hydrogen) atoms. The van der Waals surface area contributed by atoms with Crippen molar-refractivity contribution >= 4 is 34.7 Å². The Morgan fingerprint density at radius 2 is 2.29 bits per heavy atom. The van der Waals surface area contributed by atoms with Gasteiger partial charge in [-0.15, -0.1) is 0 Å². The van der Waals surface area contributed by atoms with E-state index in [0.29, 0.717) is 22.5 Å². The van der Waals surface area contributed by atoms with Crippen LogP contribution in [0, 0.1) is 0 Å². The standard InChI is InChI=1S/C11H10ClN3OS/c12-8-3-4-10(13-6-8)15-11(17)14-7-9-2-1-5-16-9/h1-6H,7H2,(H2,13,14,15,17). The highest BCUT2D eigenvalue weighted by Gasteiger charge is 2.00. The number of hydrogen-bond acceptors (Lipinski definition) is 3. The number of furan rings is 1. The van der Waals surface area contributed by atoms with Crippen molar-refractivity contribution in [3.05, 3.63) is 47.5 Å². The average Bonchev–Trinajstić information content (AvgIpc) is 2.83. The average molecular weight is 268 g/mol. The van der Waals surface area contributed by atoms with E-state index >= 15 is 0 Å².